The van der Waals surface area contributed by atoms with Gasteiger partial charge in [0.05, 0.1) is 10.6 Å². The predicted molar refractivity (Wildman–Crippen MR) is 109 cm³/mol. The van der Waals surface area contributed by atoms with Gasteiger partial charge in [-0.15, -0.1) is 0 Å². The average Bonchev–Trinajstić information content (AvgIpc) is 2.73. The van der Waals surface area contributed by atoms with E-state index in [2.05, 4.69) is 10.2 Å². The highest BCUT2D eigenvalue weighted by atomic mass is 35.5. The van der Waals surface area contributed by atoms with Crippen molar-refractivity contribution in [2.75, 3.05) is 25.0 Å². The number of anilines is 1. The molecule has 144 valence electrons. The Balaban J connectivity index is 1.43. The number of Topliss-reactive ketones (excluding diaryl/α,β-unsaturated/α-hetero) is 1. The van der Waals surface area contributed by atoms with Crippen molar-refractivity contribution in [2.45, 2.75) is 19.3 Å². The topological polar surface area (TPSA) is 73.2 Å². The lowest BCUT2D eigenvalue weighted by Gasteiger charge is -2.31. The number of nitrogens with one attached hydrogen (secondary N) is 1. The van der Waals surface area contributed by atoms with Crippen molar-refractivity contribution >= 4 is 29.0 Å². The largest absolute Gasteiger partial charge is 0.326 e. The van der Waals surface area contributed by atoms with E-state index in [4.69, 9.17) is 16.9 Å². The van der Waals surface area contributed by atoms with Gasteiger partial charge < -0.3 is 10.2 Å². The highest BCUT2D eigenvalue weighted by molar-refractivity contribution is 6.32. The number of benzene rings is 2. The van der Waals surface area contributed by atoms with E-state index in [1.165, 1.54) is 0 Å². The van der Waals surface area contributed by atoms with Crippen LogP contribution < -0.4 is 5.32 Å². The second-order valence-electron chi connectivity index (χ2n) is 6.95. The zero-order valence-corrected chi connectivity index (χ0v) is 16.3. The molecule has 28 heavy (non-hydrogen) atoms. The van der Waals surface area contributed by atoms with E-state index in [1.807, 2.05) is 36.4 Å². The number of likely N-dealkylation sites (tertiary alicyclic amines) is 1. The molecule has 0 atom stereocenters. The molecule has 6 heteroatoms. The van der Waals surface area contributed by atoms with Crippen molar-refractivity contribution < 1.29 is 9.59 Å². The number of rotatable bonds is 6. The molecule has 0 bridgehead atoms. The molecule has 0 unspecified atom stereocenters. The maximum absolute atomic E-state index is 12.5. The monoisotopic (exact) mass is 395 g/mol. The van der Waals surface area contributed by atoms with Gasteiger partial charge in [0, 0.05) is 30.1 Å². The smallest absolute Gasteiger partial charge is 0.225 e. The van der Waals surface area contributed by atoms with Gasteiger partial charge >= 0.3 is 0 Å². The van der Waals surface area contributed by atoms with E-state index in [0.29, 0.717) is 29.2 Å². The van der Waals surface area contributed by atoms with Crippen LogP contribution in [0.2, 0.25) is 5.02 Å². The molecule has 1 amide bonds. The van der Waals surface area contributed by atoms with Crippen LogP contribution in [-0.4, -0.2) is 36.2 Å². The van der Waals surface area contributed by atoms with E-state index in [1.54, 1.807) is 18.2 Å². The summed E-state index contributed by atoms with van der Waals surface area (Å²) in [5.74, 6) is 0.187. The van der Waals surface area contributed by atoms with Crippen LogP contribution in [0.3, 0.4) is 0 Å². The zero-order chi connectivity index (χ0) is 19.9. The first-order chi connectivity index (χ1) is 13.6. The van der Waals surface area contributed by atoms with Crippen LogP contribution in [-0.2, 0) is 4.79 Å². The molecule has 1 saturated heterocycles. The summed E-state index contributed by atoms with van der Waals surface area (Å²) < 4.78 is 0. The minimum atomic E-state index is -0.0942. The zero-order valence-electron chi connectivity index (χ0n) is 15.5. The molecule has 1 aliphatic heterocycles. The maximum Gasteiger partial charge on any atom is 0.225 e. The van der Waals surface area contributed by atoms with Crippen molar-refractivity contribution in [3.63, 3.8) is 0 Å². The Kier molecular flexibility index (Phi) is 6.80. The molecule has 0 aliphatic carbocycles. The van der Waals surface area contributed by atoms with E-state index >= 15 is 0 Å². The number of hydrogen-bond donors (Lipinski definition) is 1. The van der Waals surface area contributed by atoms with Crippen LogP contribution in [0.4, 0.5) is 5.69 Å². The summed E-state index contributed by atoms with van der Waals surface area (Å²) in [7, 11) is 0. The third kappa shape index (κ3) is 5.19. The van der Waals surface area contributed by atoms with Gasteiger partial charge in [0.25, 0.3) is 0 Å². The van der Waals surface area contributed by atoms with Crippen LogP contribution >= 0.6 is 11.6 Å². The van der Waals surface area contributed by atoms with Gasteiger partial charge in [-0.05, 0) is 44.1 Å². The summed E-state index contributed by atoms with van der Waals surface area (Å²) in [6.07, 6.45) is 2.01. The molecule has 1 fully saturated rings. The standard InChI is InChI=1S/C22H22ClN3O2/c23-20-14-19(7-6-18(20)15-24)25-21(27)10-13-26-11-8-17(9-12-26)22(28)16-4-2-1-3-5-16/h1-7,14,17H,8-13H2,(H,25,27). The van der Waals surface area contributed by atoms with Crippen LogP contribution in [0.25, 0.3) is 0 Å². The van der Waals surface area contributed by atoms with E-state index in [-0.39, 0.29) is 17.6 Å². The number of ketones is 1. The summed E-state index contributed by atoms with van der Waals surface area (Å²) in [6.45, 7) is 2.29. The molecule has 0 spiro atoms. The molecule has 2 aromatic rings. The van der Waals surface area contributed by atoms with Crippen LogP contribution in [0.1, 0.15) is 35.2 Å². The number of amides is 1. The number of carbonyl (C=O) groups excluding carboxylic acids is 2. The van der Waals surface area contributed by atoms with Crippen molar-refractivity contribution in [3.8, 4) is 6.07 Å². The fourth-order valence-electron chi connectivity index (χ4n) is 3.42. The second-order valence-corrected chi connectivity index (χ2v) is 7.36. The Labute approximate surface area is 169 Å². The molecular formula is C22H22ClN3O2. The summed E-state index contributed by atoms with van der Waals surface area (Å²) in [6, 6.07) is 16.3. The summed E-state index contributed by atoms with van der Waals surface area (Å²) in [5.41, 5.74) is 1.75. The quantitative estimate of drug-likeness (QED) is 0.746. The van der Waals surface area contributed by atoms with Gasteiger partial charge in [-0.2, -0.15) is 5.26 Å². The molecule has 0 aromatic heterocycles. The Hall–Kier alpha value is -2.68. The third-order valence-electron chi connectivity index (χ3n) is 5.05. The van der Waals surface area contributed by atoms with Crippen molar-refractivity contribution in [1.29, 1.82) is 5.26 Å². The lowest BCUT2D eigenvalue weighted by Crippen LogP contribution is -2.38. The fraction of sp³-hybridized carbons (Fsp3) is 0.318. The maximum atomic E-state index is 12.5. The number of carbonyl (C=O) groups is 2. The Morgan fingerprint density at radius 2 is 1.86 bits per heavy atom. The summed E-state index contributed by atoms with van der Waals surface area (Å²) in [4.78, 5) is 26.9. The number of hydrogen-bond acceptors (Lipinski definition) is 4. The molecular weight excluding hydrogens is 374 g/mol. The third-order valence-corrected chi connectivity index (χ3v) is 5.36. The molecule has 1 N–H and O–H groups in total. The van der Waals surface area contributed by atoms with Crippen LogP contribution in [0.15, 0.2) is 48.5 Å². The van der Waals surface area contributed by atoms with E-state index < -0.39 is 0 Å². The second kappa shape index (κ2) is 9.50. The predicted octanol–water partition coefficient (Wildman–Crippen LogP) is 4.14. The van der Waals surface area contributed by atoms with Gasteiger partial charge in [-0.25, -0.2) is 0 Å². The molecule has 1 heterocycles. The average molecular weight is 396 g/mol. The minimum Gasteiger partial charge on any atom is -0.326 e. The first kappa shape index (κ1) is 20.1. The number of piperidine rings is 1. The summed E-state index contributed by atoms with van der Waals surface area (Å²) >= 11 is 5.99. The van der Waals surface area contributed by atoms with Crippen molar-refractivity contribution in [3.05, 3.63) is 64.7 Å². The summed E-state index contributed by atoms with van der Waals surface area (Å²) in [5, 5.41) is 12.0. The van der Waals surface area contributed by atoms with E-state index in [0.717, 1.165) is 31.5 Å². The Morgan fingerprint density at radius 1 is 1.14 bits per heavy atom. The molecule has 5 nitrogen and oxygen atoms in total. The minimum absolute atomic E-state index is 0.0632. The molecule has 2 aromatic carbocycles. The number of halogens is 1. The SMILES string of the molecule is N#Cc1ccc(NC(=O)CCN2CCC(C(=O)c3ccccc3)CC2)cc1Cl. The highest BCUT2D eigenvalue weighted by Gasteiger charge is 2.25. The normalized spacial score (nSPS) is 15.0. The molecule has 1 aliphatic rings. The number of nitriles is 1. The first-order valence-corrected chi connectivity index (χ1v) is 9.75. The van der Waals surface area contributed by atoms with Gasteiger partial charge in [-0.1, -0.05) is 41.9 Å². The molecule has 0 saturated carbocycles. The van der Waals surface area contributed by atoms with Gasteiger partial charge in [0.1, 0.15) is 6.07 Å². The van der Waals surface area contributed by atoms with E-state index in [9.17, 15) is 9.59 Å². The van der Waals surface area contributed by atoms with Gasteiger partial charge in [-0.3, -0.25) is 9.59 Å². The lowest BCUT2D eigenvalue weighted by atomic mass is 9.89. The van der Waals surface area contributed by atoms with Crippen LogP contribution in [0, 0.1) is 17.2 Å². The Bertz CT molecular complexity index is 884. The van der Waals surface area contributed by atoms with Crippen LogP contribution in [0.5, 0.6) is 0 Å². The fourth-order valence-corrected chi connectivity index (χ4v) is 3.65. The van der Waals surface area contributed by atoms with Gasteiger partial charge in [0.2, 0.25) is 5.91 Å². The lowest BCUT2D eigenvalue weighted by molar-refractivity contribution is -0.116. The molecule has 0 radical (unpaired) electrons. The van der Waals surface area contributed by atoms with Gasteiger partial charge in [0.15, 0.2) is 5.78 Å². The van der Waals surface area contributed by atoms with Crippen molar-refractivity contribution in [2.24, 2.45) is 5.92 Å². The highest BCUT2D eigenvalue weighted by Crippen LogP contribution is 2.22. The Morgan fingerprint density at radius 3 is 2.50 bits per heavy atom. The molecule has 3 rings (SSSR count). The number of nitrogens with zero attached hydrogens (tertiary/aromatic N) is 2. The van der Waals surface area contributed by atoms with Crippen molar-refractivity contribution in [1.82, 2.24) is 4.90 Å². The first-order valence-electron chi connectivity index (χ1n) is 9.38.